The summed E-state index contributed by atoms with van der Waals surface area (Å²) in [6.07, 6.45) is 5.59. The molecule has 2 aromatic rings. The molecule has 0 bridgehead atoms. The van der Waals surface area contributed by atoms with Gasteiger partial charge in [0.15, 0.2) is 12.3 Å². The van der Waals surface area contributed by atoms with E-state index in [0.29, 0.717) is 24.4 Å². The Morgan fingerprint density at radius 2 is 2.04 bits per heavy atom. The molecule has 0 aliphatic heterocycles. The van der Waals surface area contributed by atoms with E-state index in [1.165, 1.54) is 6.08 Å². The van der Waals surface area contributed by atoms with Gasteiger partial charge in [0.25, 0.3) is 0 Å². The van der Waals surface area contributed by atoms with Crippen molar-refractivity contribution >= 4 is 18.0 Å². The summed E-state index contributed by atoms with van der Waals surface area (Å²) in [5.41, 5.74) is 2.14. The zero-order valence-electron chi connectivity index (χ0n) is 13.9. The van der Waals surface area contributed by atoms with Gasteiger partial charge in [-0.15, -0.1) is 19.5 Å². The summed E-state index contributed by atoms with van der Waals surface area (Å²) in [6, 6.07) is 9.11. The Kier molecular flexibility index (Phi) is 6.53. The smallest absolute Gasteiger partial charge is 0.197 e. The minimum Gasteiger partial charge on any atom is -0.278 e. The molecule has 2 N–H and O–H groups in total. The van der Waals surface area contributed by atoms with E-state index in [-0.39, 0.29) is 0 Å². The summed E-state index contributed by atoms with van der Waals surface area (Å²) in [7, 11) is 0. The zero-order valence-corrected chi connectivity index (χ0v) is 14.7. The van der Waals surface area contributed by atoms with Gasteiger partial charge in [0.1, 0.15) is 24.9 Å². The van der Waals surface area contributed by atoms with Crippen molar-refractivity contribution in [2.24, 2.45) is 5.90 Å². The van der Waals surface area contributed by atoms with Gasteiger partial charge in [-0.25, -0.2) is 9.07 Å². The van der Waals surface area contributed by atoms with Crippen LogP contribution in [0.15, 0.2) is 60.7 Å². The van der Waals surface area contributed by atoms with Crippen molar-refractivity contribution in [3.8, 4) is 6.07 Å². The molecule has 3 rings (SSSR count). The normalized spacial score (nSPS) is 18.8. The van der Waals surface area contributed by atoms with Gasteiger partial charge in [0.05, 0.1) is 23.9 Å². The number of rotatable bonds is 8. The summed E-state index contributed by atoms with van der Waals surface area (Å²) in [5, 5.41) is 18.5. The van der Waals surface area contributed by atoms with E-state index in [2.05, 4.69) is 25.6 Å². The second-order valence-electron chi connectivity index (χ2n) is 5.40. The first kappa shape index (κ1) is 19.0. The first-order chi connectivity index (χ1) is 13.2. The molecule has 0 spiro atoms. The van der Waals surface area contributed by atoms with E-state index in [1.807, 2.05) is 5.01 Å². The number of nitriles is 1. The van der Waals surface area contributed by atoms with Gasteiger partial charge >= 0.3 is 0 Å². The number of hydrogen-bond acceptors (Lipinski definition) is 9. The highest BCUT2D eigenvalue weighted by Gasteiger charge is 2.23. The average Bonchev–Trinajstić information content (AvgIpc) is 3.23. The number of nitrogens with zero attached hydrogens (tertiary/aromatic N) is 5. The molecule has 1 aromatic carbocycles. The van der Waals surface area contributed by atoms with Crippen LogP contribution >= 0.6 is 12.3 Å². The molecule has 11 heteroatoms. The topological polar surface area (TPSA) is 111 Å². The molecule has 0 saturated heterocycles. The summed E-state index contributed by atoms with van der Waals surface area (Å²) < 4.78 is 25.2. The third kappa shape index (κ3) is 4.91. The molecule has 1 heterocycles. The average molecular weight is 390 g/mol. The van der Waals surface area contributed by atoms with E-state index < -0.39 is 12.3 Å². The Hall–Kier alpha value is -2.75. The molecule has 0 amide bonds. The van der Waals surface area contributed by atoms with Crippen molar-refractivity contribution in [3.63, 3.8) is 0 Å². The molecular formula is C16H15FN6O3S. The molecule has 0 saturated carbocycles. The van der Waals surface area contributed by atoms with Crippen molar-refractivity contribution < 1.29 is 17.9 Å². The van der Waals surface area contributed by atoms with E-state index in [0.717, 1.165) is 11.3 Å². The molecular weight excluding hydrogens is 375 g/mol. The summed E-state index contributed by atoms with van der Waals surface area (Å²) in [4.78, 5) is 3.91. The number of aromatic nitrogens is 3. The van der Waals surface area contributed by atoms with E-state index >= 15 is 0 Å². The predicted molar refractivity (Wildman–Crippen MR) is 94.9 cm³/mol. The van der Waals surface area contributed by atoms with Crippen LogP contribution in [0.25, 0.3) is 0 Å². The lowest BCUT2D eigenvalue weighted by Crippen LogP contribution is -2.32. The van der Waals surface area contributed by atoms with Crippen LogP contribution in [0.3, 0.4) is 0 Å². The highest BCUT2D eigenvalue weighted by atomic mass is 32.2. The van der Waals surface area contributed by atoms with Gasteiger partial charge in [0.2, 0.25) is 0 Å². The first-order valence-corrected chi connectivity index (χ1v) is 8.39. The Labute approximate surface area is 158 Å². The van der Waals surface area contributed by atoms with Crippen molar-refractivity contribution in [1.82, 2.24) is 14.9 Å². The largest absolute Gasteiger partial charge is 0.278 e. The summed E-state index contributed by atoms with van der Waals surface area (Å²) in [6.45, 7) is 0.381. The van der Waals surface area contributed by atoms with Crippen LogP contribution < -0.4 is 10.9 Å². The SMILES string of the molecule is N#Cc1ccc(N(CC2=CC(OSOON)C(F)C=C2)n2cnnc2)cc1. The lowest BCUT2D eigenvalue weighted by molar-refractivity contribution is -0.202. The maximum absolute atomic E-state index is 14.0. The fraction of sp³-hybridized carbons (Fsp3) is 0.188. The van der Waals surface area contributed by atoms with E-state index in [9.17, 15) is 4.39 Å². The van der Waals surface area contributed by atoms with Crippen molar-refractivity contribution in [2.75, 3.05) is 11.6 Å². The van der Waals surface area contributed by atoms with Gasteiger partial charge < -0.3 is 0 Å². The fourth-order valence-corrected chi connectivity index (χ4v) is 2.77. The number of nitrogens with two attached hydrogens (primary N) is 1. The van der Waals surface area contributed by atoms with Gasteiger partial charge in [-0.3, -0.25) is 9.19 Å². The van der Waals surface area contributed by atoms with Crippen molar-refractivity contribution in [1.29, 1.82) is 5.26 Å². The molecule has 9 nitrogen and oxygen atoms in total. The zero-order chi connectivity index (χ0) is 19.1. The Morgan fingerprint density at radius 1 is 1.30 bits per heavy atom. The van der Waals surface area contributed by atoms with Crippen LogP contribution in [-0.4, -0.2) is 33.7 Å². The van der Waals surface area contributed by atoms with Gasteiger partial charge in [0, 0.05) is 0 Å². The molecule has 27 heavy (non-hydrogen) atoms. The summed E-state index contributed by atoms with van der Waals surface area (Å²) in [5.74, 6) is 4.72. The minimum atomic E-state index is -1.33. The maximum atomic E-state index is 14.0. The lowest BCUT2D eigenvalue weighted by atomic mass is 10.0. The van der Waals surface area contributed by atoms with Crippen LogP contribution in [-0.2, 0) is 13.5 Å². The van der Waals surface area contributed by atoms with Gasteiger partial charge in [-0.1, -0.05) is 6.08 Å². The molecule has 140 valence electrons. The fourth-order valence-electron chi connectivity index (χ4n) is 2.45. The first-order valence-electron chi connectivity index (χ1n) is 7.72. The second-order valence-corrected chi connectivity index (χ2v) is 5.86. The molecule has 1 aliphatic carbocycles. The Bertz CT molecular complexity index is 837. The van der Waals surface area contributed by atoms with E-state index in [4.69, 9.17) is 15.3 Å². The van der Waals surface area contributed by atoms with Crippen LogP contribution in [0.1, 0.15) is 5.56 Å². The Balaban J connectivity index is 1.80. The third-order valence-corrected chi connectivity index (χ3v) is 4.15. The number of benzene rings is 1. The maximum Gasteiger partial charge on any atom is 0.197 e. The molecule has 2 atom stereocenters. The number of halogens is 1. The molecule has 1 aliphatic rings. The van der Waals surface area contributed by atoms with Crippen molar-refractivity contribution in [3.05, 3.63) is 66.3 Å². The second kappa shape index (κ2) is 9.26. The minimum absolute atomic E-state index is 0.381. The standard InChI is InChI=1S/C16H15FN6O3S/c17-15-6-3-13(7-16(15)24-27-26-25-19)9-23(22-10-20-21-11-22)14-4-1-12(8-18)2-5-14/h1-7,10-11,15-16H,9,19H2. The number of anilines is 1. The van der Waals surface area contributed by atoms with Crippen LogP contribution in [0, 0.1) is 11.3 Å². The van der Waals surface area contributed by atoms with E-state index in [1.54, 1.807) is 53.7 Å². The number of alkyl halides is 1. The number of hydrogen-bond donors (Lipinski definition) is 1. The lowest BCUT2D eigenvalue weighted by Gasteiger charge is -2.27. The van der Waals surface area contributed by atoms with Gasteiger partial charge in [-0.05, 0) is 42.0 Å². The third-order valence-electron chi connectivity index (χ3n) is 3.72. The summed E-state index contributed by atoms with van der Waals surface area (Å²) >= 11 is 0.448. The molecule has 0 fully saturated rings. The van der Waals surface area contributed by atoms with Crippen molar-refractivity contribution in [2.45, 2.75) is 12.3 Å². The van der Waals surface area contributed by atoms with Crippen LogP contribution in [0.2, 0.25) is 0 Å². The molecule has 2 unspecified atom stereocenters. The monoisotopic (exact) mass is 390 g/mol. The highest BCUT2D eigenvalue weighted by Crippen LogP contribution is 2.24. The molecule has 0 radical (unpaired) electrons. The quantitative estimate of drug-likeness (QED) is 0.313. The Morgan fingerprint density at radius 3 is 2.70 bits per heavy atom. The van der Waals surface area contributed by atoms with Crippen LogP contribution in [0.5, 0.6) is 0 Å². The highest BCUT2D eigenvalue weighted by molar-refractivity contribution is 7.89. The molecule has 1 aromatic heterocycles. The predicted octanol–water partition coefficient (Wildman–Crippen LogP) is 2.02. The van der Waals surface area contributed by atoms with Gasteiger partial charge in [-0.2, -0.15) is 11.2 Å². The van der Waals surface area contributed by atoms with Crippen LogP contribution in [0.4, 0.5) is 10.1 Å².